The zero-order valence-corrected chi connectivity index (χ0v) is 13.4. The Balaban J connectivity index is 2.00. The standard InChI is InChI=1S/C15H21N3O2S/c1-15(2,3)13(8-18-5-4-16-10-18)17-7-12-6-11(9-21-12)14(19)20/h4-6,9-10,13,17H,7-8H2,1-3H3,(H,19,20). The van der Waals surface area contributed by atoms with Crippen LogP contribution in [0, 0.1) is 5.41 Å². The van der Waals surface area contributed by atoms with Crippen LogP contribution in [0.3, 0.4) is 0 Å². The van der Waals surface area contributed by atoms with Gasteiger partial charge in [-0.3, -0.25) is 0 Å². The van der Waals surface area contributed by atoms with Crippen molar-refractivity contribution < 1.29 is 9.90 Å². The molecule has 2 rings (SSSR count). The third-order valence-electron chi connectivity index (χ3n) is 3.42. The van der Waals surface area contributed by atoms with Gasteiger partial charge in [0.05, 0.1) is 11.9 Å². The summed E-state index contributed by atoms with van der Waals surface area (Å²) in [5.74, 6) is -0.872. The zero-order valence-electron chi connectivity index (χ0n) is 12.5. The molecule has 0 aliphatic heterocycles. The third kappa shape index (κ3) is 4.41. The minimum Gasteiger partial charge on any atom is -0.478 e. The van der Waals surface area contributed by atoms with Crippen LogP contribution in [0.2, 0.25) is 0 Å². The van der Waals surface area contributed by atoms with Crippen molar-refractivity contribution in [1.29, 1.82) is 0 Å². The number of nitrogens with one attached hydrogen (secondary N) is 1. The van der Waals surface area contributed by atoms with Crippen LogP contribution in [0.1, 0.15) is 36.0 Å². The number of carboxylic acids is 1. The normalized spacial score (nSPS) is 13.3. The first kappa shape index (κ1) is 15.7. The number of rotatable bonds is 6. The fourth-order valence-electron chi connectivity index (χ4n) is 2.06. The highest BCUT2D eigenvalue weighted by molar-refractivity contribution is 7.10. The van der Waals surface area contributed by atoms with Crippen LogP contribution in [-0.4, -0.2) is 26.7 Å². The van der Waals surface area contributed by atoms with E-state index >= 15 is 0 Å². The molecule has 0 aliphatic rings. The van der Waals surface area contributed by atoms with Crippen LogP contribution in [0.15, 0.2) is 30.2 Å². The molecule has 5 nitrogen and oxygen atoms in total. The summed E-state index contributed by atoms with van der Waals surface area (Å²) in [7, 11) is 0. The lowest BCUT2D eigenvalue weighted by Gasteiger charge is -2.32. The Hall–Kier alpha value is -1.66. The molecule has 0 amide bonds. The largest absolute Gasteiger partial charge is 0.478 e. The second kappa shape index (κ2) is 6.41. The first-order valence-corrected chi connectivity index (χ1v) is 7.74. The van der Waals surface area contributed by atoms with Gasteiger partial charge in [-0.2, -0.15) is 0 Å². The number of hydrogen-bond acceptors (Lipinski definition) is 4. The monoisotopic (exact) mass is 307 g/mol. The molecule has 0 saturated heterocycles. The molecule has 0 radical (unpaired) electrons. The summed E-state index contributed by atoms with van der Waals surface area (Å²) in [4.78, 5) is 16.0. The maximum atomic E-state index is 10.9. The molecule has 21 heavy (non-hydrogen) atoms. The van der Waals surface area contributed by atoms with E-state index in [0.717, 1.165) is 11.4 Å². The topological polar surface area (TPSA) is 67.2 Å². The molecule has 0 aliphatic carbocycles. The van der Waals surface area contributed by atoms with Gasteiger partial charge in [0.2, 0.25) is 0 Å². The zero-order chi connectivity index (χ0) is 15.5. The average Bonchev–Trinajstić information content (AvgIpc) is 3.04. The smallest absolute Gasteiger partial charge is 0.336 e. The fraction of sp³-hybridized carbons (Fsp3) is 0.467. The molecule has 2 aromatic heterocycles. The lowest BCUT2D eigenvalue weighted by Crippen LogP contribution is -2.42. The predicted molar refractivity (Wildman–Crippen MR) is 83.6 cm³/mol. The second-order valence-corrected chi connectivity index (χ2v) is 7.16. The van der Waals surface area contributed by atoms with E-state index in [-0.39, 0.29) is 11.5 Å². The molecule has 0 fully saturated rings. The van der Waals surface area contributed by atoms with E-state index < -0.39 is 5.97 Å². The van der Waals surface area contributed by atoms with Crippen LogP contribution in [0.25, 0.3) is 0 Å². The molecule has 2 heterocycles. The Morgan fingerprint density at radius 1 is 1.52 bits per heavy atom. The Labute approximate surface area is 128 Å². The number of carbonyl (C=O) groups is 1. The molecule has 0 bridgehead atoms. The van der Waals surface area contributed by atoms with E-state index in [2.05, 4.69) is 35.6 Å². The quantitative estimate of drug-likeness (QED) is 0.861. The van der Waals surface area contributed by atoms with Crippen molar-refractivity contribution in [2.75, 3.05) is 0 Å². The molecular weight excluding hydrogens is 286 g/mol. The van der Waals surface area contributed by atoms with Gasteiger partial charge in [0.1, 0.15) is 0 Å². The predicted octanol–water partition coefficient (Wildman–Crippen LogP) is 2.85. The van der Waals surface area contributed by atoms with E-state index in [0.29, 0.717) is 12.1 Å². The molecule has 0 aromatic carbocycles. The summed E-state index contributed by atoms with van der Waals surface area (Å²) in [6.45, 7) is 8.09. The number of aromatic carboxylic acids is 1. The molecule has 6 heteroatoms. The molecule has 2 N–H and O–H groups in total. The summed E-state index contributed by atoms with van der Waals surface area (Å²) >= 11 is 1.48. The van der Waals surface area contributed by atoms with Crippen molar-refractivity contribution in [2.24, 2.45) is 5.41 Å². The molecular formula is C15H21N3O2S. The van der Waals surface area contributed by atoms with Crippen LogP contribution in [-0.2, 0) is 13.1 Å². The number of hydrogen-bond donors (Lipinski definition) is 2. The van der Waals surface area contributed by atoms with E-state index in [1.165, 1.54) is 11.3 Å². The molecule has 1 atom stereocenters. The Kier molecular flexibility index (Phi) is 4.80. The molecule has 114 valence electrons. The molecule has 1 unspecified atom stereocenters. The van der Waals surface area contributed by atoms with Gasteiger partial charge in [-0.05, 0) is 11.5 Å². The molecule has 0 spiro atoms. The molecule has 2 aromatic rings. The Morgan fingerprint density at radius 2 is 2.29 bits per heavy atom. The highest BCUT2D eigenvalue weighted by Crippen LogP contribution is 2.22. The van der Waals surface area contributed by atoms with Crippen molar-refractivity contribution in [3.63, 3.8) is 0 Å². The van der Waals surface area contributed by atoms with Gasteiger partial charge >= 0.3 is 5.97 Å². The number of carboxylic acid groups (broad SMARTS) is 1. The maximum absolute atomic E-state index is 10.9. The summed E-state index contributed by atoms with van der Waals surface area (Å²) in [5, 5.41) is 14.2. The van der Waals surface area contributed by atoms with Crippen molar-refractivity contribution in [2.45, 2.75) is 39.9 Å². The van der Waals surface area contributed by atoms with Crippen LogP contribution in [0.5, 0.6) is 0 Å². The first-order valence-electron chi connectivity index (χ1n) is 6.86. The number of thiophene rings is 1. The number of imidazole rings is 1. The lowest BCUT2D eigenvalue weighted by molar-refractivity contribution is 0.0697. The minimum absolute atomic E-state index is 0.0944. The van der Waals surface area contributed by atoms with Gasteiger partial charge < -0.3 is 15.0 Å². The Morgan fingerprint density at radius 3 is 2.81 bits per heavy atom. The number of aromatic nitrogens is 2. The van der Waals surface area contributed by atoms with Crippen LogP contribution in [0.4, 0.5) is 0 Å². The van der Waals surface area contributed by atoms with Crippen LogP contribution < -0.4 is 5.32 Å². The van der Waals surface area contributed by atoms with Crippen molar-refractivity contribution in [1.82, 2.24) is 14.9 Å². The lowest BCUT2D eigenvalue weighted by atomic mass is 9.86. The summed E-state index contributed by atoms with van der Waals surface area (Å²) in [6.07, 6.45) is 5.54. The fourth-order valence-corrected chi connectivity index (χ4v) is 2.87. The van der Waals surface area contributed by atoms with E-state index in [9.17, 15) is 4.79 Å². The second-order valence-electron chi connectivity index (χ2n) is 6.17. The first-order chi connectivity index (χ1) is 9.86. The van der Waals surface area contributed by atoms with E-state index in [4.69, 9.17) is 5.11 Å². The minimum atomic E-state index is -0.872. The van der Waals surface area contributed by atoms with Crippen molar-refractivity contribution >= 4 is 17.3 Å². The summed E-state index contributed by atoms with van der Waals surface area (Å²) < 4.78 is 2.06. The SMILES string of the molecule is CC(C)(C)C(Cn1ccnc1)NCc1cc(C(=O)O)cs1. The summed E-state index contributed by atoms with van der Waals surface area (Å²) in [5.41, 5.74) is 0.454. The molecule has 0 saturated carbocycles. The van der Waals surface area contributed by atoms with Crippen LogP contribution >= 0.6 is 11.3 Å². The van der Waals surface area contributed by atoms with Gasteiger partial charge in [-0.25, -0.2) is 9.78 Å². The van der Waals surface area contributed by atoms with E-state index in [1.54, 1.807) is 17.6 Å². The van der Waals surface area contributed by atoms with Gasteiger partial charge in [-0.1, -0.05) is 20.8 Å². The Bertz CT molecular complexity index is 584. The highest BCUT2D eigenvalue weighted by atomic mass is 32.1. The number of nitrogens with zero attached hydrogens (tertiary/aromatic N) is 2. The average molecular weight is 307 g/mol. The van der Waals surface area contributed by atoms with Crippen molar-refractivity contribution in [3.05, 3.63) is 40.6 Å². The summed E-state index contributed by atoms with van der Waals surface area (Å²) in [6, 6.07) is 2.00. The maximum Gasteiger partial charge on any atom is 0.336 e. The van der Waals surface area contributed by atoms with Gasteiger partial charge in [0.25, 0.3) is 0 Å². The van der Waals surface area contributed by atoms with Gasteiger partial charge in [-0.15, -0.1) is 11.3 Å². The van der Waals surface area contributed by atoms with Gasteiger partial charge in [0, 0.05) is 41.8 Å². The van der Waals surface area contributed by atoms with E-state index in [1.807, 2.05) is 12.5 Å². The van der Waals surface area contributed by atoms with Gasteiger partial charge in [0.15, 0.2) is 0 Å². The highest BCUT2D eigenvalue weighted by Gasteiger charge is 2.24. The third-order valence-corrected chi connectivity index (χ3v) is 4.36. The van der Waals surface area contributed by atoms with Crippen molar-refractivity contribution in [3.8, 4) is 0 Å².